The predicted molar refractivity (Wildman–Crippen MR) is 175 cm³/mol. The van der Waals surface area contributed by atoms with Gasteiger partial charge in [-0.1, -0.05) is 13.8 Å². The molecule has 10 unspecified atom stereocenters. The fourth-order valence-corrected chi connectivity index (χ4v) is 10.3. The van der Waals surface area contributed by atoms with Crippen LogP contribution in [0.25, 0.3) is 0 Å². The van der Waals surface area contributed by atoms with Gasteiger partial charge >= 0.3 is 17.9 Å². The smallest absolute Gasteiger partial charge is 0.309 e. The third kappa shape index (κ3) is 6.38. The average molecular weight is 741 g/mol. The number of aliphatic hydroxyl groups excluding tert-OH is 5. The highest BCUT2D eigenvalue weighted by atomic mass is 16.7. The third-order valence-corrected chi connectivity index (χ3v) is 12.7. The average Bonchev–Trinajstić information content (AvgIpc) is 3.53. The van der Waals surface area contributed by atoms with Gasteiger partial charge < -0.3 is 58.7 Å². The second-order valence-electron chi connectivity index (χ2n) is 15.6. The van der Waals surface area contributed by atoms with Crippen molar-refractivity contribution in [1.29, 1.82) is 0 Å². The van der Waals surface area contributed by atoms with Gasteiger partial charge in [0.1, 0.15) is 41.9 Å². The Morgan fingerprint density at radius 1 is 1.10 bits per heavy atom. The van der Waals surface area contributed by atoms with Crippen LogP contribution in [0.2, 0.25) is 0 Å². The van der Waals surface area contributed by atoms with Crippen LogP contribution in [-0.2, 0) is 42.9 Å². The number of esters is 2. The molecule has 16 nitrogen and oxygen atoms in total. The molecule has 2 saturated heterocycles. The van der Waals surface area contributed by atoms with E-state index in [1.807, 2.05) is 6.92 Å². The molecule has 0 aromatic carbocycles. The number of carbonyl (C=O) groups excluding carboxylic acids is 3. The van der Waals surface area contributed by atoms with Gasteiger partial charge in [0.05, 0.1) is 62.8 Å². The molecule has 6 N–H and O–H groups in total. The number of carboxylic acid groups (broad SMARTS) is 1. The zero-order valence-electron chi connectivity index (χ0n) is 30.3. The number of hydrogen-bond donors (Lipinski definition) is 6. The summed E-state index contributed by atoms with van der Waals surface area (Å²) in [5, 5.41) is 62.6. The van der Waals surface area contributed by atoms with Crippen LogP contribution < -0.4 is 0 Å². The van der Waals surface area contributed by atoms with E-state index in [4.69, 9.17) is 28.1 Å². The fraction of sp³-hybridized carbons (Fsp3) is 0.778. The molecule has 15 atom stereocenters. The number of ether oxygens (including phenoxy) is 5. The van der Waals surface area contributed by atoms with Crippen LogP contribution in [0, 0.1) is 28.1 Å². The van der Waals surface area contributed by atoms with E-state index in [1.54, 1.807) is 26.8 Å². The van der Waals surface area contributed by atoms with Crippen molar-refractivity contribution in [3.8, 4) is 0 Å². The van der Waals surface area contributed by atoms with Crippen LogP contribution in [0.3, 0.4) is 0 Å². The zero-order valence-corrected chi connectivity index (χ0v) is 30.3. The molecule has 4 aliphatic rings. The second-order valence-corrected chi connectivity index (χ2v) is 15.6. The normalized spacial score (nSPS) is 41.8. The first-order valence-electron chi connectivity index (χ1n) is 17.7. The van der Waals surface area contributed by atoms with Gasteiger partial charge in [0, 0.05) is 29.7 Å². The Morgan fingerprint density at radius 3 is 2.35 bits per heavy atom. The van der Waals surface area contributed by atoms with Gasteiger partial charge in [-0.15, -0.1) is 0 Å². The SMILES string of the molecule is COC(=O)CC(OC(C)=O)C1(C)C(CC(C)O)CC(=O)C2(C)C1CCC(C)(C(O[C@@H]1O[C@H](CO)[C@@H](O)[C@H](O)[C@H]1O)c1ccoc1)C21OC1CC(=O)O. The van der Waals surface area contributed by atoms with Crippen LogP contribution in [-0.4, -0.2) is 123 Å². The molecule has 0 amide bonds. The molecule has 1 aromatic rings. The Balaban J connectivity index is 1.69. The lowest BCUT2D eigenvalue weighted by Gasteiger charge is -2.65. The van der Waals surface area contributed by atoms with Crippen LogP contribution in [0.15, 0.2) is 23.0 Å². The summed E-state index contributed by atoms with van der Waals surface area (Å²) in [6.45, 7) is 7.40. The quantitative estimate of drug-likeness (QED) is 0.122. The summed E-state index contributed by atoms with van der Waals surface area (Å²) in [7, 11) is 1.21. The van der Waals surface area contributed by atoms with Gasteiger partial charge in [0.2, 0.25) is 0 Å². The number of methoxy groups -OCH3 is 1. The minimum Gasteiger partial charge on any atom is -0.481 e. The van der Waals surface area contributed by atoms with E-state index in [2.05, 4.69) is 0 Å². The van der Waals surface area contributed by atoms with Crippen molar-refractivity contribution in [3.63, 3.8) is 0 Å². The first-order valence-corrected chi connectivity index (χ1v) is 17.7. The Bertz CT molecular complexity index is 1480. The van der Waals surface area contributed by atoms with Crippen molar-refractivity contribution in [1.82, 2.24) is 0 Å². The molecule has 1 spiro atoms. The molecule has 52 heavy (non-hydrogen) atoms. The van der Waals surface area contributed by atoms with E-state index < -0.39 is 120 Å². The second kappa shape index (κ2) is 14.7. The summed E-state index contributed by atoms with van der Waals surface area (Å²) in [6.07, 6.45) is -9.90. The summed E-state index contributed by atoms with van der Waals surface area (Å²) < 4.78 is 35.1. The highest BCUT2D eigenvalue weighted by Crippen LogP contribution is 2.77. The Kier molecular flexibility index (Phi) is 11.4. The number of aliphatic carboxylic acids is 1. The number of rotatable bonds is 13. The molecule has 3 heterocycles. The van der Waals surface area contributed by atoms with Gasteiger partial charge in [0.25, 0.3) is 0 Å². The fourth-order valence-electron chi connectivity index (χ4n) is 10.3. The lowest BCUT2D eigenvalue weighted by Crippen LogP contribution is -2.70. The van der Waals surface area contributed by atoms with Gasteiger partial charge in [-0.25, -0.2) is 0 Å². The van der Waals surface area contributed by atoms with E-state index >= 15 is 0 Å². The molecule has 16 heteroatoms. The highest BCUT2D eigenvalue weighted by molar-refractivity contribution is 5.89. The number of fused-ring (bicyclic) bond motifs is 2. The highest BCUT2D eigenvalue weighted by Gasteiger charge is 2.84. The number of epoxide rings is 1. The Labute approximate surface area is 301 Å². The molecular formula is C36H52O16. The number of carbonyl (C=O) groups is 4. The number of Topliss-reactive ketones (excluding diaryl/α,β-unsaturated/α-hetero) is 1. The Hall–Kier alpha value is -2.96. The van der Waals surface area contributed by atoms with E-state index in [0.29, 0.717) is 5.56 Å². The standard InChI is InChI=1S/C36H52O16/c1-17(38)11-20-12-23(40)35(5)22(34(20,4)24(49-18(2)39)14-27(43)47-6)7-9-33(3,36(35)25(52-36)13-26(41)42)31(19-8-10-48-16-19)51-32-30(46)29(45)28(44)21(15-37)50-32/h8,10,16-17,20-22,24-25,28-32,37-38,44-46H,7,9,11-15H2,1-6H3,(H,41,42)/t17?,20?,21-,22?,24?,25?,28-,29+,30-,31?,32+,33?,34?,35?,36?/m1/s1. The lowest BCUT2D eigenvalue weighted by atomic mass is 9.37. The van der Waals surface area contributed by atoms with Gasteiger partial charge in [-0.2, -0.15) is 0 Å². The lowest BCUT2D eigenvalue weighted by molar-refractivity contribution is -0.328. The molecule has 2 saturated carbocycles. The molecule has 292 valence electrons. The summed E-state index contributed by atoms with van der Waals surface area (Å²) in [5.41, 5.74) is -5.14. The minimum atomic E-state index is -1.78. The monoisotopic (exact) mass is 740 g/mol. The van der Waals surface area contributed by atoms with Gasteiger partial charge in [-0.05, 0) is 51.0 Å². The minimum absolute atomic E-state index is 0.127. The largest absolute Gasteiger partial charge is 0.481 e. The van der Waals surface area contributed by atoms with E-state index in [1.165, 1.54) is 26.6 Å². The Morgan fingerprint density at radius 2 is 1.79 bits per heavy atom. The molecule has 0 bridgehead atoms. The summed E-state index contributed by atoms with van der Waals surface area (Å²) in [6, 6.07) is 1.59. The molecule has 2 aliphatic carbocycles. The van der Waals surface area contributed by atoms with E-state index in [-0.39, 0.29) is 37.9 Å². The zero-order chi connectivity index (χ0) is 38.6. The number of ketones is 1. The third-order valence-electron chi connectivity index (χ3n) is 12.7. The van der Waals surface area contributed by atoms with Crippen LogP contribution in [0.1, 0.15) is 84.8 Å². The first-order chi connectivity index (χ1) is 24.3. The summed E-state index contributed by atoms with van der Waals surface area (Å²) in [5.74, 6) is -4.08. The van der Waals surface area contributed by atoms with Crippen molar-refractivity contribution in [3.05, 3.63) is 24.2 Å². The van der Waals surface area contributed by atoms with Crippen LogP contribution >= 0.6 is 0 Å². The maximum absolute atomic E-state index is 14.9. The summed E-state index contributed by atoms with van der Waals surface area (Å²) in [4.78, 5) is 52.7. The topological polar surface area (TPSA) is 252 Å². The predicted octanol–water partition coefficient (Wildman–Crippen LogP) is 1.03. The van der Waals surface area contributed by atoms with Gasteiger partial charge in [-0.3, -0.25) is 19.2 Å². The van der Waals surface area contributed by atoms with Crippen molar-refractivity contribution in [2.24, 2.45) is 28.1 Å². The van der Waals surface area contributed by atoms with E-state index in [9.17, 15) is 49.8 Å². The van der Waals surface area contributed by atoms with Crippen molar-refractivity contribution in [2.45, 2.75) is 134 Å². The number of carboxylic acids is 1. The van der Waals surface area contributed by atoms with E-state index in [0.717, 1.165) is 0 Å². The molecule has 2 aliphatic heterocycles. The molecule has 4 fully saturated rings. The molecule has 5 rings (SSSR count). The van der Waals surface area contributed by atoms with Crippen molar-refractivity contribution < 1.29 is 77.9 Å². The van der Waals surface area contributed by atoms with Crippen LogP contribution in [0.5, 0.6) is 0 Å². The molecule has 1 aromatic heterocycles. The number of aliphatic hydroxyl groups is 5. The first kappa shape index (κ1) is 40.2. The summed E-state index contributed by atoms with van der Waals surface area (Å²) >= 11 is 0. The van der Waals surface area contributed by atoms with Crippen LogP contribution in [0.4, 0.5) is 0 Å². The molecular weight excluding hydrogens is 688 g/mol. The number of hydrogen-bond acceptors (Lipinski definition) is 15. The van der Waals surface area contributed by atoms with Gasteiger partial charge in [0.15, 0.2) is 6.29 Å². The maximum atomic E-state index is 14.9. The number of furan rings is 1. The maximum Gasteiger partial charge on any atom is 0.309 e. The van der Waals surface area contributed by atoms with Crippen molar-refractivity contribution >= 4 is 23.7 Å². The molecule has 0 radical (unpaired) electrons. The van der Waals surface area contributed by atoms with Crippen molar-refractivity contribution in [2.75, 3.05) is 13.7 Å².